The minimum atomic E-state index is -0.829. The van der Waals surface area contributed by atoms with Crippen molar-refractivity contribution < 1.29 is 19.4 Å². The van der Waals surface area contributed by atoms with Crippen LogP contribution in [-0.2, 0) is 16.1 Å². The molecule has 0 saturated heterocycles. The maximum Gasteiger partial charge on any atom is 0.307 e. The van der Waals surface area contributed by atoms with Crippen LogP contribution in [-0.4, -0.2) is 24.1 Å². The molecule has 2 N–H and O–H groups in total. The number of carboxylic acids is 1. The van der Waals surface area contributed by atoms with Gasteiger partial charge in [0, 0.05) is 12.1 Å². The zero-order chi connectivity index (χ0) is 15.7. The van der Waals surface area contributed by atoms with Crippen molar-refractivity contribution in [2.45, 2.75) is 25.8 Å². The third-order valence-corrected chi connectivity index (χ3v) is 5.15. The minimum Gasteiger partial charge on any atom is -0.496 e. The number of amides is 1. The molecule has 2 aliphatic carbocycles. The molecule has 2 bridgehead atoms. The molecule has 0 aliphatic heterocycles. The van der Waals surface area contributed by atoms with Gasteiger partial charge in [-0.3, -0.25) is 9.59 Å². The summed E-state index contributed by atoms with van der Waals surface area (Å²) in [5.74, 6) is -0.740. The molecule has 1 amide bonds. The summed E-state index contributed by atoms with van der Waals surface area (Å²) in [7, 11) is 1.59. The number of benzene rings is 1. The van der Waals surface area contributed by atoms with E-state index in [1.165, 1.54) is 0 Å². The number of para-hydroxylation sites is 1. The first-order valence-electron chi connectivity index (χ1n) is 7.74. The topological polar surface area (TPSA) is 75.6 Å². The van der Waals surface area contributed by atoms with Crippen molar-refractivity contribution >= 4 is 11.9 Å². The summed E-state index contributed by atoms with van der Waals surface area (Å²) < 4.78 is 5.27. The highest BCUT2D eigenvalue weighted by Gasteiger charge is 2.53. The maximum atomic E-state index is 12.5. The fraction of sp³-hybridized carbons (Fsp3) is 0.529. The lowest BCUT2D eigenvalue weighted by molar-refractivity contribution is -0.149. The van der Waals surface area contributed by atoms with Crippen molar-refractivity contribution in [2.24, 2.45) is 23.7 Å². The van der Waals surface area contributed by atoms with E-state index < -0.39 is 11.9 Å². The first kappa shape index (κ1) is 14.9. The normalized spacial score (nSPS) is 29.3. The lowest BCUT2D eigenvalue weighted by Gasteiger charge is -2.27. The van der Waals surface area contributed by atoms with Gasteiger partial charge >= 0.3 is 5.97 Å². The van der Waals surface area contributed by atoms with Crippen molar-refractivity contribution in [1.29, 1.82) is 0 Å². The van der Waals surface area contributed by atoms with E-state index >= 15 is 0 Å². The Morgan fingerprint density at radius 1 is 1.23 bits per heavy atom. The number of carboxylic acid groups (broad SMARTS) is 1. The smallest absolute Gasteiger partial charge is 0.307 e. The molecule has 0 aromatic heterocycles. The summed E-state index contributed by atoms with van der Waals surface area (Å²) in [4.78, 5) is 24.0. The molecule has 5 nitrogen and oxygen atoms in total. The van der Waals surface area contributed by atoms with Crippen LogP contribution in [0.5, 0.6) is 5.75 Å². The van der Waals surface area contributed by atoms with Crippen molar-refractivity contribution in [1.82, 2.24) is 5.32 Å². The number of aliphatic carboxylic acids is 1. The van der Waals surface area contributed by atoms with Gasteiger partial charge in [-0.1, -0.05) is 18.2 Å². The molecule has 3 rings (SSSR count). The Labute approximate surface area is 129 Å². The van der Waals surface area contributed by atoms with Gasteiger partial charge in [-0.15, -0.1) is 0 Å². The van der Waals surface area contributed by atoms with Gasteiger partial charge < -0.3 is 15.2 Å². The Morgan fingerprint density at radius 3 is 2.59 bits per heavy atom. The SMILES string of the molecule is COc1ccccc1CNC(=O)[C@@H]1[C@H]2CC[C@@H](C2)[C@H]1C(=O)O. The van der Waals surface area contributed by atoms with Crippen LogP contribution in [0.1, 0.15) is 24.8 Å². The van der Waals surface area contributed by atoms with E-state index in [1.807, 2.05) is 24.3 Å². The van der Waals surface area contributed by atoms with Crippen LogP contribution in [0.2, 0.25) is 0 Å². The number of nitrogens with one attached hydrogen (secondary N) is 1. The van der Waals surface area contributed by atoms with Crippen LogP contribution in [0, 0.1) is 23.7 Å². The Hall–Kier alpha value is -2.04. The first-order valence-corrected chi connectivity index (χ1v) is 7.74. The zero-order valence-electron chi connectivity index (χ0n) is 12.6. The molecule has 0 heterocycles. The minimum absolute atomic E-state index is 0.134. The molecule has 5 heteroatoms. The number of hydrogen-bond acceptors (Lipinski definition) is 3. The quantitative estimate of drug-likeness (QED) is 0.873. The predicted molar refractivity (Wildman–Crippen MR) is 80.3 cm³/mol. The average Bonchev–Trinajstić information content (AvgIpc) is 3.13. The van der Waals surface area contributed by atoms with Gasteiger partial charge in [0.05, 0.1) is 18.9 Å². The van der Waals surface area contributed by atoms with Crippen LogP contribution in [0.3, 0.4) is 0 Å². The molecule has 2 saturated carbocycles. The fourth-order valence-corrected chi connectivity index (χ4v) is 4.17. The van der Waals surface area contributed by atoms with Crippen molar-refractivity contribution in [3.05, 3.63) is 29.8 Å². The summed E-state index contributed by atoms with van der Waals surface area (Å²) in [6, 6.07) is 7.51. The number of ether oxygens (including phenoxy) is 1. The van der Waals surface area contributed by atoms with E-state index in [-0.39, 0.29) is 23.7 Å². The predicted octanol–water partition coefficient (Wildman–Crippen LogP) is 2.06. The van der Waals surface area contributed by atoms with Crippen molar-refractivity contribution in [2.75, 3.05) is 7.11 Å². The molecule has 2 fully saturated rings. The Morgan fingerprint density at radius 2 is 1.91 bits per heavy atom. The zero-order valence-corrected chi connectivity index (χ0v) is 12.6. The molecule has 2 aliphatic rings. The summed E-state index contributed by atoms with van der Waals surface area (Å²) in [5.41, 5.74) is 0.897. The van der Waals surface area contributed by atoms with Crippen LogP contribution in [0.15, 0.2) is 24.3 Å². The highest BCUT2D eigenvalue weighted by Crippen LogP contribution is 2.52. The number of carbonyl (C=O) groups excluding carboxylic acids is 1. The second kappa shape index (κ2) is 5.99. The average molecular weight is 303 g/mol. The maximum absolute atomic E-state index is 12.5. The second-order valence-corrected chi connectivity index (χ2v) is 6.25. The van der Waals surface area contributed by atoms with Crippen LogP contribution in [0.25, 0.3) is 0 Å². The molecule has 1 aromatic rings. The third kappa shape index (κ3) is 2.56. The molecule has 0 unspecified atom stereocenters. The lowest BCUT2D eigenvalue weighted by atomic mass is 9.78. The Bertz CT molecular complexity index is 586. The third-order valence-electron chi connectivity index (χ3n) is 5.15. The summed E-state index contributed by atoms with van der Waals surface area (Å²) >= 11 is 0. The van der Waals surface area contributed by atoms with Crippen LogP contribution in [0.4, 0.5) is 0 Å². The number of carbonyl (C=O) groups is 2. The highest BCUT2D eigenvalue weighted by molar-refractivity contribution is 5.86. The Balaban J connectivity index is 1.68. The number of hydrogen-bond donors (Lipinski definition) is 2. The van der Waals surface area contributed by atoms with E-state index in [9.17, 15) is 14.7 Å². The van der Waals surface area contributed by atoms with E-state index in [4.69, 9.17) is 4.74 Å². The van der Waals surface area contributed by atoms with Gasteiger partial charge in [-0.05, 0) is 37.2 Å². The monoisotopic (exact) mass is 303 g/mol. The molecule has 118 valence electrons. The molecule has 4 atom stereocenters. The van der Waals surface area contributed by atoms with Gasteiger partial charge in [0.25, 0.3) is 0 Å². The van der Waals surface area contributed by atoms with Gasteiger partial charge in [-0.25, -0.2) is 0 Å². The van der Waals surface area contributed by atoms with E-state index in [0.29, 0.717) is 6.54 Å². The molecular weight excluding hydrogens is 282 g/mol. The first-order chi connectivity index (χ1) is 10.6. The number of fused-ring (bicyclic) bond motifs is 2. The number of methoxy groups -OCH3 is 1. The summed E-state index contributed by atoms with van der Waals surface area (Å²) in [5, 5.41) is 12.3. The molecule has 1 aromatic carbocycles. The Kier molecular flexibility index (Phi) is 4.05. The highest BCUT2D eigenvalue weighted by atomic mass is 16.5. The fourth-order valence-electron chi connectivity index (χ4n) is 4.17. The van der Waals surface area contributed by atoms with Gasteiger partial charge in [0.1, 0.15) is 5.75 Å². The summed E-state index contributed by atoms with van der Waals surface area (Å²) in [6.45, 7) is 0.364. The standard InChI is InChI=1S/C17H21NO4/c1-22-13-5-3-2-4-12(13)9-18-16(19)14-10-6-7-11(8-10)15(14)17(20)21/h2-5,10-11,14-15H,6-9H2,1H3,(H,18,19)(H,20,21)/t10-,11-,14+,15+/m0/s1. The van der Waals surface area contributed by atoms with Crippen molar-refractivity contribution in [3.63, 3.8) is 0 Å². The van der Waals surface area contributed by atoms with Crippen LogP contribution < -0.4 is 10.1 Å². The van der Waals surface area contributed by atoms with Gasteiger partial charge in [-0.2, -0.15) is 0 Å². The summed E-state index contributed by atoms with van der Waals surface area (Å²) in [6.07, 6.45) is 2.79. The van der Waals surface area contributed by atoms with Gasteiger partial charge in [0.15, 0.2) is 0 Å². The lowest BCUT2D eigenvalue weighted by Crippen LogP contribution is -2.41. The van der Waals surface area contributed by atoms with E-state index in [1.54, 1.807) is 7.11 Å². The van der Waals surface area contributed by atoms with E-state index in [0.717, 1.165) is 30.6 Å². The van der Waals surface area contributed by atoms with Gasteiger partial charge in [0.2, 0.25) is 5.91 Å². The van der Waals surface area contributed by atoms with Crippen LogP contribution >= 0.6 is 0 Å². The second-order valence-electron chi connectivity index (χ2n) is 6.25. The van der Waals surface area contributed by atoms with E-state index in [2.05, 4.69) is 5.32 Å². The number of rotatable bonds is 5. The molecule has 22 heavy (non-hydrogen) atoms. The van der Waals surface area contributed by atoms with Crippen molar-refractivity contribution in [3.8, 4) is 5.75 Å². The molecular formula is C17H21NO4. The molecule has 0 radical (unpaired) electrons. The largest absolute Gasteiger partial charge is 0.496 e. The molecule has 0 spiro atoms.